The van der Waals surface area contributed by atoms with Crippen LogP contribution in [-0.2, 0) is 14.3 Å². The Morgan fingerprint density at radius 3 is 2.50 bits per heavy atom. The molecule has 0 aliphatic carbocycles. The van der Waals surface area contributed by atoms with Gasteiger partial charge in [0.2, 0.25) is 0 Å². The number of ether oxygens (including phenoxy) is 2. The number of pyridine rings is 1. The summed E-state index contributed by atoms with van der Waals surface area (Å²) in [6.07, 6.45) is 7.36. The molecular formula is C31H32FN5O4S. The van der Waals surface area contributed by atoms with Gasteiger partial charge in [-0.25, -0.2) is 23.9 Å². The summed E-state index contributed by atoms with van der Waals surface area (Å²) in [6.45, 7) is 6.57. The molecule has 1 amide bonds. The second-order valence-corrected chi connectivity index (χ2v) is 11.6. The molecule has 4 heterocycles. The highest BCUT2D eigenvalue weighted by Gasteiger charge is 2.25. The van der Waals surface area contributed by atoms with Crippen LogP contribution in [0.4, 0.5) is 20.1 Å². The molecule has 9 nitrogen and oxygen atoms in total. The van der Waals surface area contributed by atoms with E-state index in [1.165, 1.54) is 36.7 Å². The van der Waals surface area contributed by atoms with Crippen molar-refractivity contribution in [2.24, 2.45) is 0 Å². The average molecular weight is 590 g/mol. The van der Waals surface area contributed by atoms with Crippen LogP contribution in [0.15, 0.2) is 60.1 Å². The number of anilines is 2. The van der Waals surface area contributed by atoms with Gasteiger partial charge in [0.25, 0.3) is 0 Å². The van der Waals surface area contributed by atoms with Crippen molar-refractivity contribution in [2.75, 3.05) is 32.1 Å². The number of amides is 1. The number of hydrogen-bond acceptors (Lipinski definition) is 8. The number of nitrogens with zero attached hydrogens (tertiary/aromatic N) is 5. The highest BCUT2D eigenvalue weighted by atomic mass is 32.1. The number of halogens is 1. The van der Waals surface area contributed by atoms with Crippen LogP contribution in [0.3, 0.4) is 0 Å². The summed E-state index contributed by atoms with van der Waals surface area (Å²) < 4.78 is 25.7. The number of carbonyl (C=O) groups is 2. The topological polar surface area (TPSA) is 89.3 Å². The smallest absolute Gasteiger partial charge is 0.410 e. The summed E-state index contributed by atoms with van der Waals surface area (Å²) in [6, 6.07) is 10.1. The van der Waals surface area contributed by atoms with Crippen LogP contribution in [0, 0.1) is 5.82 Å². The summed E-state index contributed by atoms with van der Waals surface area (Å²) in [5.74, 6) is -0.0876. The van der Waals surface area contributed by atoms with Gasteiger partial charge in [-0.1, -0.05) is 6.08 Å². The maximum atomic E-state index is 13.4. The Morgan fingerprint density at radius 1 is 1.10 bits per heavy atom. The second-order valence-electron chi connectivity index (χ2n) is 10.8. The first-order valence-corrected chi connectivity index (χ1v) is 14.3. The van der Waals surface area contributed by atoms with Gasteiger partial charge in [0.05, 0.1) is 12.8 Å². The molecule has 0 N–H and O–H groups in total. The Bertz CT molecular complexity index is 1680. The molecule has 42 heavy (non-hydrogen) atoms. The quantitative estimate of drug-likeness (QED) is 0.186. The highest BCUT2D eigenvalue weighted by Crippen LogP contribution is 2.35. The summed E-state index contributed by atoms with van der Waals surface area (Å²) in [5, 5.41) is 2.61. The molecule has 1 aromatic carbocycles. The van der Waals surface area contributed by atoms with Crippen molar-refractivity contribution >= 4 is 51.6 Å². The van der Waals surface area contributed by atoms with Gasteiger partial charge >= 0.3 is 12.1 Å². The lowest BCUT2D eigenvalue weighted by Gasteiger charge is -2.29. The van der Waals surface area contributed by atoms with E-state index < -0.39 is 11.6 Å². The minimum Gasteiger partial charge on any atom is -0.466 e. The molecule has 0 atom stereocenters. The monoisotopic (exact) mass is 589 g/mol. The molecule has 0 spiro atoms. The third kappa shape index (κ3) is 6.36. The molecule has 0 fully saturated rings. The van der Waals surface area contributed by atoms with Crippen molar-refractivity contribution in [3.8, 4) is 11.3 Å². The van der Waals surface area contributed by atoms with Gasteiger partial charge in [0.1, 0.15) is 28.6 Å². The molecule has 11 heteroatoms. The normalized spacial score (nSPS) is 13.9. The first-order valence-electron chi connectivity index (χ1n) is 13.4. The minimum absolute atomic E-state index is 0.305. The largest absolute Gasteiger partial charge is 0.466 e. The van der Waals surface area contributed by atoms with Gasteiger partial charge < -0.3 is 19.3 Å². The third-order valence-electron chi connectivity index (χ3n) is 6.67. The number of hydrogen-bond donors (Lipinski definition) is 0. The molecular weight excluding hydrogens is 557 g/mol. The number of fused-ring (bicyclic) bond motifs is 1. The van der Waals surface area contributed by atoms with Crippen LogP contribution in [0.2, 0.25) is 0 Å². The van der Waals surface area contributed by atoms with E-state index in [-0.39, 0.29) is 11.9 Å². The van der Waals surface area contributed by atoms with Gasteiger partial charge in [0.15, 0.2) is 5.13 Å². The maximum Gasteiger partial charge on any atom is 0.410 e. The number of rotatable bonds is 6. The minimum atomic E-state index is -0.548. The fraction of sp³-hybridized carbons (Fsp3) is 0.290. The van der Waals surface area contributed by atoms with E-state index in [0.717, 1.165) is 22.4 Å². The predicted molar refractivity (Wildman–Crippen MR) is 162 cm³/mol. The van der Waals surface area contributed by atoms with Crippen molar-refractivity contribution in [1.82, 2.24) is 19.3 Å². The predicted octanol–water partition coefficient (Wildman–Crippen LogP) is 6.58. The standard InChI is InChI=1S/C31H32FN5O4S/c1-31(2,3)41-30(39)36-16-14-20(15-17-36)22-8-12-26-33-24(11-13-27(38)40-5)28(37(26)18-22)35(4)29-34-25(19-42-29)21-6-9-23(32)10-7-21/h6-14,18-19H,15-17H2,1-5H3. The van der Waals surface area contributed by atoms with E-state index in [4.69, 9.17) is 19.4 Å². The van der Waals surface area contributed by atoms with Crippen molar-refractivity contribution < 1.29 is 23.5 Å². The van der Waals surface area contributed by atoms with Crippen LogP contribution in [0.1, 0.15) is 38.4 Å². The van der Waals surface area contributed by atoms with Crippen molar-refractivity contribution in [3.05, 3.63) is 77.2 Å². The summed E-state index contributed by atoms with van der Waals surface area (Å²) in [5.41, 5.74) is 4.34. The molecule has 0 saturated heterocycles. The number of benzene rings is 1. The Balaban J connectivity index is 1.49. The van der Waals surface area contributed by atoms with E-state index in [2.05, 4.69) is 0 Å². The maximum absolute atomic E-state index is 13.4. The van der Waals surface area contributed by atoms with Crippen LogP contribution in [0.5, 0.6) is 0 Å². The SMILES string of the molecule is COC(=O)C=Cc1nc2ccc(C3=CCN(C(=O)OC(C)(C)C)CC3)cn2c1N(C)c1nc(-c2ccc(F)cc2)cs1. The Morgan fingerprint density at radius 2 is 1.83 bits per heavy atom. The number of esters is 1. The lowest BCUT2D eigenvalue weighted by atomic mass is 10.0. The third-order valence-corrected chi connectivity index (χ3v) is 7.58. The van der Waals surface area contributed by atoms with Gasteiger partial charge in [-0.05, 0) is 80.8 Å². The molecule has 3 aromatic heterocycles. The second kappa shape index (κ2) is 11.8. The van der Waals surface area contributed by atoms with Crippen LogP contribution in [0.25, 0.3) is 28.6 Å². The molecule has 0 saturated carbocycles. The number of carbonyl (C=O) groups excluding carboxylic acids is 2. The molecule has 4 aromatic rings. The van der Waals surface area contributed by atoms with E-state index in [0.29, 0.717) is 41.8 Å². The fourth-order valence-electron chi connectivity index (χ4n) is 4.59. The van der Waals surface area contributed by atoms with Crippen LogP contribution < -0.4 is 4.90 Å². The Kier molecular flexibility index (Phi) is 8.13. The van der Waals surface area contributed by atoms with Gasteiger partial charge in [-0.15, -0.1) is 11.3 Å². The van der Waals surface area contributed by atoms with E-state index >= 15 is 0 Å². The molecule has 1 aliphatic rings. The zero-order chi connectivity index (χ0) is 30.0. The van der Waals surface area contributed by atoms with Gasteiger partial charge in [-0.2, -0.15) is 0 Å². The first kappa shape index (κ1) is 29.0. The van der Waals surface area contributed by atoms with Crippen molar-refractivity contribution in [3.63, 3.8) is 0 Å². The van der Waals surface area contributed by atoms with Crippen molar-refractivity contribution in [2.45, 2.75) is 32.8 Å². The molecule has 1 aliphatic heterocycles. The number of thiazole rings is 1. The van der Waals surface area contributed by atoms with E-state index in [9.17, 15) is 14.0 Å². The van der Waals surface area contributed by atoms with E-state index in [1.807, 2.05) is 66.9 Å². The fourth-order valence-corrected chi connectivity index (χ4v) is 5.39. The van der Waals surface area contributed by atoms with Crippen molar-refractivity contribution in [1.29, 1.82) is 0 Å². The summed E-state index contributed by atoms with van der Waals surface area (Å²) in [7, 11) is 3.21. The Labute approximate surface area is 247 Å². The lowest BCUT2D eigenvalue weighted by molar-refractivity contribution is -0.134. The summed E-state index contributed by atoms with van der Waals surface area (Å²) >= 11 is 1.44. The lowest BCUT2D eigenvalue weighted by Crippen LogP contribution is -2.39. The number of methoxy groups -OCH3 is 1. The zero-order valence-electron chi connectivity index (χ0n) is 24.1. The average Bonchev–Trinajstić information content (AvgIpc) is 3.60. The zero-order valence-corrected chi connectivity index (χ0v) is 24.9. The Hall–Kier alpha value is -4.51. The number of aromatic nitrogens is 3. The highest BCUT2D eigenvalue weighted by molar-refractivity contribution is 7.14. The molecule has 0 unspecified atom stereocenters. The van der Waals surface area contributed by atoms with Gasteiger partial charge in [0, 0.05) is 43.4 Å². The molecule has 5 rings (SSSR count). The molecule has 0 bridgehead atoms. The summed E-state index contributed by atoms with van der Waals surface area (Å²) in [4.78, 5) is 37.6. The molecule has 0 radical (unpaired) electrons. The molecule has 218 valence electrons. The number of imidazole rings is 1. The van der Waals surface area contributed by atoms with Crippen LogP contribution >= 0.6 is 11.3 Å². The van der Waals surface area contributed by atoms with Gasteiger partial charge in [-0.3, -0.25) is 4.40 Å². The van der Waals surface area contributed by atoms with E-state index in [1.54, 1.807) is 23.1 Å². The first-order chi connectivity index (χ1) is 20.0. The van der Waals surface area contributed by atoms with Crippen LogP contribution in [-0.4, -0.2) is 64.2 Å².